The third kappa shape index (κ3) is 4.07. The monoisotopic (exact) mass is 478 g/mol. The Hall–Kier alpha value is -3.01. The van der Waals surface area contributed by atoms with E-state index in [4.69, 9.17) is 21.9 Å². The van der Waals surface area contributed by atoms with Crippen molar-refractivity contribution in [2.45, 2.75) is 13.0 Å². The average Bonchev–Trinajstić information content (AvgIpc) is 3.11. The second kappa shape index (κ2) is 9.09. The molecule has 168 valence electrons. The van der Waals surface area contributed by atoms with Crippen LogP contribution in [0.4, 0.5) is 5.82 Å². The lowest BCUT2D eigenvalue weighted by molar-refractivity contribution is -0.122. The van der Waals surface area contributed by atoms with Crippen LogP contribution in [0, 0.1) is 0 Å². The Labute approximate surface area is 200 Å². The zero-order chi connectivity index (χ0) is 22.9. The first-order valence-electron chi connectivity index (χ1n) is 10.6. The molecule has 0 aliphatic carbocycles. The van der Waals surface area contributed by atoms with Crippen molar-refractivity contribution in [1.29, 1.82) is 0 Å². The number of pyridine rings is 1. The number of methoxy groups -OCH3 is 1. The highest BCUT2D eigenvalue weighted by atomic mass is 32.2. The maximum Gasteiger partial charge on any atom is 0.267 e. The van der Waals surface area contributed by atoms with E-state index in [0.29, 0.717) is 46.0 Å². The molecule has 4 heterocycles. The predicted octanol–water partition coefficient (Wildman–Crippen LogP) is 3.10. The summed E-state index contributed by atoms with van der Waals surface area (Å²) in [5, 5.41) is 0. The summed E-state index contributed by atoms with van der Waals surface area (Å²) >= 11 is 6.60. The van der Waals surface area contributed by atoms with Crippen LogP contribution in [0.25, 0.3) is 11.7 Å². The maximum absolute atomic E-state index is 13.5. The number of carbonyl (C=O) groups is 1. The van der Waals surface area contributed by atoms with E-state index in [1.807, 2.05) is 24.3 Å². The minimum Gasteiger partial charge on any atom is -0.383 e. The highest BCUT2D eigenvalue weighted by molar-refractivity contribution is 8.26. The molecule has 1 fully saturated rings. The van der Waals surface area contributed by atoms with Crippen molar-refractivity contribution in [3.63, 3.8) is 0 Å². The Morgan fingerprint density at radius 2 is 1.94 bits per heavy atom. The lowest BCUT2D eigenvalue weighted by Crippen LogP contribution is -2.34. The number of anilines is 1. The first-order chi connectivity index (χ1) is 16.1. The Balaban J connectivity index is 1.61. The molecule has 2 aliphatic rings. The minimum atomic E-state index is -0.213. The fourth-order valence-corrected chi connectivity index (χ4v) is 5.43. The summed E-state index contributed by atoms with van der Waals surface area (Å²) < 4.78 is 7.07. The van der Waals surface area contributed by atoms with Crippen LogP contribution in [0.5, 0.6) is 0 Å². The normalized spacial score (nSPS) is 17.3. The second-order valence-corrected chi connectivity index (χ2v) is 9.53. The SMILES string of the molecule is COCCN1C(=O)/C(=C\c2c(N3CCc4ccccc4C3)nc3ccccn3c2=O)SC1=S. The molecular weight excluding hydrogens is 456 g/mol. The van der Waals surface area contributed by atoms with E-state index >= 15 is 0 Å². The summed E-state index contributed by atoms with van der Waals surface area (Å²) in [4.78, 5) is 35.4. The summed E-state index contributed by atoms with van der Waals surface area (Å²) in [5.74, 6) is 0.373. The molecule has 7 nitrogen and oxygen atoms in total. The molecule has 0 spiro atoms. The zero-order valence-corrected chi connectivity index (χ0v) is 19.7. The number of amides is 1. The Kier molecular flexibility index (Phi) is 6.01. The molecule has 1 amide bonds. The van der Waals surface area contributed by atoms with Crippen molar-refractivity contribution in [2.75, 3.05) is 31.7 Å². The van der Waals surface area contributed by atoms with Gasteiger partial charge in [-0.1, -0.05) is 54.3 Å². The van der Waals surface area contributed by atoms with Gasteiger partial charge < -0.3 is 9.64 Å². The number of aromatic nitrogens is 2. The van der Waals surface area contributed by atoms with Gasteiger partial charge in [0.25, 0.3) is 11.5 Å². The fourth-order valence-electron chi connectivity index (χ4n) is 4.14. The third-order valence-corrected chi connectivity index (χ3v) is 7.22. The number of ether oxygens (including phenoxy) is 1. The van der Waals surface area contributed by atoms with E-state index in [-0.39, 0.29) is 11.5 Å². The van der Waals surface area contributed by atoms with Gasteiger partial charge in [0.05, 0.1) is 23.6 Å². The van der Waals surface area contributed by atoms with Crippen LogP contribution in [-0.4, -0.2) is 51.3 Å². The van der Waals surface area contributed by atoms with E-state index in [9.17, 15) is 9.59 Å². The van der Waals surface area contributed by atoms with Gasteiger partial charge in [-0.05, 0) is 35.8 Å². The van der Waals surface area contributed by atoms with E-state index in [2.05, 4.69) is 17.0 Å². The summed E-state index contributed by atoms with van der Waals surface area (Å²) in [5.41, 5.74) is 3.28. The first-order valence-corrected chi connectivity index (χ1v) is 11.9. The van der Waals surface area contributed by atoms with Crippen molar-refractivity contribution < 1.29 is 9.53 Å². The van der Waals surface area contributed by atoms with Gasteiger partial charge >= 0.3 is 0 Å². The van der Waals surface area contributed by atoms with Crippen molar-refractivity contribution in [1.82, 2.24) is 14.3 Å². The van der Waals surface area contributed by atoms with Crippen molar-refractivity contribution in [3.8, 4) is 0 Å². The molecule has 5 rings (SSSR count). The molecule has 1 aromatic carbocycles. The summed E-state index contributed by atoms with van der Waals surface area (Å²) in [6.07, 6.45) is 4.21. The van der Waals surface area contributed by atoms with Gasteiger partial charge in [-0.15, -0.1) is 0 Å². The summed E-state index contributed by atoms with van der Waals surface area (Å²) in [6.45, 7) is 2.16. The van der Waals surface area contributed by atoms with Gasteiger partial charge in [0, 0.05) is 26.4 Å². The van der Waals surface area contributed by atoms with Gasteiger partial charge in [-0.3, -0.25) is 18.9 Å². The average molecular weight is 479 g/mol. The van der Waals surface area contributed by atoms with Crippen molar-refractivity contribution >= 4 is 51.7 Å². The Morgan fingerprint density at radius 1 is 1.15 bits per heavy atom. The molecule has 9 heteroatoms. The van der Waals surface area contributed by atoms with Crippen LogP contribution in [0.2, 0.25) is 0 Å². The highest BCUT2D eigenvalue weighted by Gasteiger charge is 2.33. The van der Waals surface area contributed by atoms with Gasteiger partial charge in [0.1, 0.15) is 15.8 Å². The molecule has 1 saturated heterocycles. The smallest absolute Gasteiger partial charge is 0.267 e. The standard InChI is InChI=1S/C24H22N4O3S2/c1-31-13-12-28-23(30)19(33-24(28)32)14-18-21(25-20-8-4-5-10-27(20)22(18)29)26-11-9-16-6-2-3-7-17(16)15-26/h2-8,10,14H,9,11-13,15H2,1H3/b19-14+. The Morgan fingerprint density at radius 3 is 2.76 bits per heavy atom. The largest absolute Gasteiger partial charge is 0.383 e. The molecule has 0 saturated carbocycles. The van der Waals surface area contributed by atoms with Crippen LogP contribution in [0.1, 0.15) is 16.7 Å². The highest BCUT2D eigenvalue weighted by Crippen LogP contribution is 2.34. The topological polar surface area (TPSA) is 67.2 Å². The molecule has 0 bridgehead atoms. The third-order valence-electron chi connectivity index (χ3n) is 5.85. The number of thioether (sulfide) groups is 1. The molecule has 3 aromatic rings. The molecule has 0 N–H and O–H groups in total. The number of fused-ring (bicyclic) bond motifs is 2. The van der Waals surface area contributed by atoms with Gasteiger partial charge in [0.2, 0.25) is 0 Å². The van der Waals surface area contributed by atoms with Crippen molar-refractivity contribution in [3.05, 3.63) is 80.6 Å². The number of benzene rings is 1. The van der Waals surface area contributed by atoms with E-state index < -0.39 is 0 Å². The summed E-state index contributed by atoms with van der Waals surface area (Å²) in [6, 6.07) is 13.8. The van der Waals surface area contributed by atoms with E-state index in [1.165, 1.54) is 32.2 Å². The number of carbonyl (C=O) groups excluding carboxylic acids is 1. The van der Waals surface area contributed by atoms with Crippen LogP contribution >= 0.6 is 24.0 Å². The first kappa shape index (κ1) is 21.8. The number of thiocarbonyl (C=S) groups is 1. The molecule has 33 heavy (non-hydrogen) atoms. The van der Waals surface area contributed by atoms with Crippen LogP contribution < -0.4 is 10.5 Å². The predicted molar refractivity (Wildman–Crippen MR) is 134 cm³/mol. The van der Waals surface area contributed by atoms with E-state index in [1.54, 1.807) is 25.4 Å². The van der Waals surface area contributed by atoms with Crippen LogP contribution in [0.15, 0.2) is 58.4 Å². The molecule has 2 aliphatic heterocycles. The molecule has 0 atom stereocenters. The number of rotatable bonds is 5. The lowest BCUT2D eigenvalue weighted by atomic mass is 9.99. The fraction of sp³-hybridized carbons (Fsp3) is 0.250. The molecular formula is C24H22N4O3S2. The quantitative estimate of drug-likeness (QED) is 0.412. The minimum absolute atomic E-state index is 0.211. The number of nitrogens with zero attached hydrogens (tertiary/aromatic N) is 4. The zero-order valence-electron chi connectivity index (χ0n) is 18.1. The van der Waals surface area contributed by atoms with Crippen LogP contribution in [0.3, 0.4) is 0 Å². The van der Waals surface area contributed by atoms with Gasteiger partial charge in [-0.25, -0.2) is 4.98 Å². The van der Waals surface area contributed by atoms with E-state index in [0.717, 1.165) is 13.0 Å². The van der Waals surface area contributed by atoms with Gasteiger partial charge in [0.15, 0.2) is 0 Å². The maximum atomic E-state index is 13.5. The summed E-state index contributed by atoms with van der Waals surface area (Å²) in [7, 11) is 1.58. The van der Waals surface area contributed by atoms with Crippen LogP contribution in [-0.2, 0) is 22.5 Å². The number of hydrogen-bond donors (Lipinski definition) is 0. The second-order valence-electron chi connectivity index (χ2n) is 7.85. The van der Waals surface area contributed by atoms with Gasteiger partial charge in [-0.2, -0.15) is 0 Å². The Bertz CT molecular complexity index is 1350. The molecule has 0 unspecified atom stereocenters. The molecule has 0 radical (unpaired) electrons. The molecule has 2 aromatic heterocycles. The van der Waals surface area contributed by atoms with Crippen molar-refractivity contribution in [2.24, 2.45) is 0 Å². The lowest BCUT2D eigenvalue weighted by Gasteiger charge is -2.30. The number of hydrogen-bond acceptors (Lipinski definition) is 7.